The first-order valence-electron chi connectivity index (χ1n) is 9.83. The number of fused-ring (bicyclic) bond motifs is 1. The Labute approximate surface area is 190 Å². The minimum Gasteiger partial charge on any atom is -0.497 e. The molecule has 7 nitrogen and oxygen atoms in total. The lowest BCUT2D eigenvalue weighted by molar-refractivity contribution is -0.128. The van der Waals surface area contributed by atoms with E-state index in [1.54, 1.807) is 43.5 Å². The molecule has 0 saturated carbocycles. The van der Waals surface area contributed by atoms with Crippen LogP contribution in [-0.4, -0.2) is 40.0 Å². The Kier molecular flexibility index (Phi) is 5.79. The molecule has 162 valence electrons. The fourth-order valence-electron chi connectivity index (χ4n) is 3.55. The molecular weight excluding hydrogens is 426 g/mol. The molecule has 0 unspecified atom stereocenters. The summed E-state index contributed by atoms with van der Waals surface area (Å²) >= 11 is 5.14. The van der Waals surface area contributed by atoms with Crippen molar-refractivity contribution >= 4 is 46.1 Å². The highest BCUT2D eigenvalue weighted by Gasteiger charge is 2.33. The quantitative estimate of drug-likeness (QED) is 0.269. The Morgan fingerprint density at radius 1 is 1.09 bits per heavy atom. The van der Waals surface area contributed by atoms with E-state index in [1.165, 1.54) is 4.90 Å². The summed E-state index contributed by atoms with van der Waals surface area (Å²) in [6.45, 7) is 3.85. The van der Waals surface area contributed by atoms with Crippen LogP contribution in [0.3, 0.4) is 0 Å². The van der Waals surface area contributed by atoms with Crippen LogP contribution in [0.1, 0.15) is 5.56 Å². The molecule has 0 spiro atoms. The van der Waals surface area contributed by atoms with E-state index in [4.69, 9.17) is 21.7 Å². The second-order valence-electron chi connectivity index (χ2n) is 7.09. The zero-order chi connectivity index (χ0) is 22.8. The number of nitrogens with one attached hydrogen (secondary N) is 1. The highest BCUT2D eigenvalue weighted by molar-refractivity contribution is 7.80. The van der Waals surface area contributed by atoms with E-state index < -0.39 is 11.8 Å². The van der Waals surface area contributed by atoms with Gasteiger partial charge in [0.05, 0.1) is 12.6 Å². The van der Waals surface area contributed by atoms with Crippen molar-refractivity contribution in [2.24, 2.45) is 7.05 Å². The van der Waals surface area contributed by atoms with E-state index in [9.17, 15) is 9.59 Å². The van der Waals surface area contributed by atoms with Crippen LogP contribution < -0.4 is 14.8 Å². The molecule has 1 fully saturated rings. The van der Waals surface area contributed by atoms with Gasteiger partial charge < -0.3 is 14.0 Å². The number of ether oxygens (including phenoxy) is 2. The van der Waals surface area contributed by atoms with Gasteiger partial charge in [-0.15, -0.1) is 6.58 Å². The number of methoxy groups -OCH3 is 1. The van der Waals surface area contributed by atoms with Crippen LogP contribution in [0.4, 0.5) is 0 Å². The lowest BCUT2D eigenvalue weighted by Gasteiger charge is -2.27. The van der Waals surface area contributed by atoms with Crippen molar-refractivity contribution in [1.82, 2.24) is 14.8 Å². The van der Waals surface area contributed by atoms with Gasteiger partial charge in [-0.3, -0.25) is 19.8 Å². The minimum absolute atomic E-state index is 0.0311. The van der Waals surface area contributed by atoms with Crippen LogP contribution in [0, 0.1) is 0 Å². The number of thiocarbonyl (C=S) groups is 1. The average Bonchev–Trinajstić information content (AvgIpc) is 3.06. The van der Waals surface area contributed by atoms with Crippen LogP contribution in [0.15, 0.2) is 66.8 Å². The third-order valence-electron chi connectivity index (χ3n) is 5.15. The van der Waals surface area contributed by atoms with Gasteiger partial charge in [0, 0.05) is 24.5 Å². The normalized spacial score (nSPS) is 15.2. The van der Waals surface area contributed by atoms with Crippen molar-refractivity contribution in [2.75, 3.05) is 13.7 Å². The predicted molar refractivity (Wildman–Crippen MR) is 127 cm³/mol. The smallest absolute Gasteiger partial charge is 0.265 e. The van der Waals surface area contributed by atoms with Gasteiger partial charge in [-0.05, 0) is 48.6 Å². The molecule has 1 aliphatic heterocycles. The zero-order valence-electron chi connectivity index (χ0n) is 17.6. The molecular formula is C24H21N3O4S. The fraction of sp³-hybridized carbons (Fsp3) is 0.125. The van der Waals surface area contributed by atoms with Crippen molar-refractivity contribution in [3.63, 3.8) is 0 Å². The second-order valence-corrected chi connectivity index (χ2v) is 7.48. The summed E-state index contributed by atoms with van der Waals surface area (Å²) in [6.07, 6.45) is 3.10. The fourth-order valence-corrected chi connectivity index (χ4v) is 3.80. The van der Waals surface area contributed by atoms with Gasteiger partial charge in [-0.25, -0.2) is 0 Å². The lowest BCUT2D eigenvalue weighted by atomic mass is 10.1. The van der Waals surface area contributed by atoms with Crippen molar-refractivity contribution in [2.45, 2.75) is 0 Å². The molecule has 1 aliphatic rings. The number of para-hydroxylation sites is 1. The van der Waals surface area contributed by atoms with Crippen molar-refractivity contribution in [1.29, 1.82) is 0 Å². The standard InChI is InChI=1S/C24H21N3O4S/c1-4-13-27-22(29)19(21(28)25-24(27)32)14-18-17-7-5-6-8-20(17)26(2)23(18)31-16-11-9-15(30-3)10-12-16/h4-12,14H,1,13H2,2-3H3,(H,25,28,32)/b19-14-. The van der Waals surface area contributed by atoms with Gasteiger partial charge in [0.1, 0.15) is 17.1 Å². The molecule has 0 aliphatic carbocycles. The first-order valence-corrected chi connectivity index (χ1v) is 10.2. The highest BCUT2D eigenvalue weighted by atomic mass is 32.1. The van der Waals surface area contributed by atoms with Gasteiger partial charge in [0.2, 0.25) is 5.88 Å². The summed E-state index contributed by atoms with van der Waals surface area (Å²) in [5.41, 5.74) is 1.48. The van der Waals surface area contributed by atoms with E-state index in [1.807, 2.05) is 35.9 Å². The molecule has 2 amide bonds. The number of carbonyl (C=O) groups excluding carboxylic acids is 2. The van der Waals surface area contributed by atoms with Gasteiger partial charge in [0.15, 0.2) is 5.11 Å². The number of benzene rings is 2. The number of carbonyl (C=O) groups is 2. The molecule has 0 radical (unpaired) electrons. The maximum atomic E-state index is 13.0. The van der Waals surface area contributed by atoms with Gasteiger partial charge in [0.25, 0.3) is 11.8 Å². The number of amides is 2. The van der Waals surface area contributed by atoms with Crippen LogP contribution in [0.25, 0.3) is 17.0 Å². The van der Waals surface area contributed by atoms with Crippen molar-refractivity contribution < 1.29 is 19.1 Å². The Morgan fingerprint density at radius 2 is 1.78 bits per heavy atom. The Bertz CT molecular complexity index is 1270. The molecule has 32 heavy (non-hydrogen) atoms. The number of rotatable bonds is 6. The zero-order valence-corrected chi connectivity index (χ0v) is 18.4. The van der Waals surface area contributed by atoms with E-state index in [0.29, 0.717) is 22.9 Å². The van der Waals surface area contributed by atoms with E-state index >= 15 is 0 Å². The molecule has 3 aromatic rings. The number of aromatic nitrogens is 1. The Balaban J connectivity index is 1.84. The Morgan fingerprint density at radius 3 is 2.47 bits per heavy atom. The summed E-state index contributed by atoms with van der Waals surface area (Å²) < 4.78 is 13.3. The maximum Gasteiger partial charge on any atom is 0.265 e. The van der Waals surface area contributed by atoms with Crippen LogP contribution in [0.2, 0.25) is 0 Å². The lowest BCUT2D eigenvalue weighted by Crippen LogP contribution is -2.53. The second kappa shape index (κ2) is 8.68. The van der Waals surface area contributed by atoms with E-state index in [2.05, 4.69) is 11.9 Å². The van der Waals surface area contributed by atoms with Crippen LogP contribution in [-0.2, 0) is 16.6 Å². The largest absolute Gasteiger partial charge is 0.497 e. The molecule has 4 rings (SSSR count). The van der Waals surface area contributed by atoms with Crippen molar-refractivity contribution in [3.8, 4) is 17.4 Å². The summed E-state index contributed by atoms with van der Waals surface area (Å²) in [5, 5.41) is 3.47. The number of hydrogen-bond acceptors (Lipinski definition) is 5. The van der Waals surface area contributed by atoms with Gasteiger partial charge in [-0.1, -0.05) is 24.3 Å². The summed E-state index contributed by atoms with van der Waals surface area (Å²) in [5.74, 6) is 0.753. The summed E-state index contributed by atoms with van der Waals surface area (Å²) in [6, 6.07) is 14.8. The van der Waals surface area contributed by atoms with Gasteiger partial charge >= 0.3 is 0 Å². The third kappa shape index (κ3) is 3.76. The number of nitrogens with zero attached hydrogens (tertiary/aromatic N) is 2. The molecule has 0 atom stereocenters. The molecule has 2 aromatic carbocycles. The van der Waals surface area contributed by atoms with Crippen LogP contribution in [0.5, 0.6) is 17.4 Å². The SMILES string of the molecule is C=CCN1C(=O)/C(=C\c2c(Oc3ccc(OC)cc3)n(C)c3ccccc23)C(=O)NC1=S. The predicted octanol–water partition coefficient (Wildman–Crippen LogP) is 3.79. The number of aryl methyl sites for hydroxylation is 1. The molecule has 2 heterocycles. The molecule has 8 heteroatoms. The highest BCUT2D eigenvalue weighted by Crippen LogP contribution is 2.36. The first kappa shape index (κ1) is 21.3. The van der Waals surface area contributed by atoms with Crippen LogP contribution >= 0.6 is 12.2 Å². The summed E-state index contributed by atoms with van der Waals surface area (Å²) in [4.78, 5) is 27.0. The monoisotopic (exact) mass is 447 g/mol. The van der Waals surface area contributed by atoms with Gasteiger partial charge in [-0.2, -0.15) is 0 Å². The van der Waals surface area contributed by atoms with E-state index in [-0.39, 0.29) is 17.2 Å². The third-order valence-corrected chi connectivity index (χ3v) is 5.47. The topological polar surface area (TPSA) is 72.8 Å². The summed E-state index contributed by atoms with van der Waals surface area (Å²) in [7, 11) is 3.46. The average molecular weight is 448 g/mol. The van der Waals surface area contributed by atoms with Crippen molar-refractivity contribution in [3.05, 3.63) is 72.3 Å². The molecule has 1 N–H and O–H groups in total. The first-order chi connectivity index (χ1) is 15.4. The minimum atomic E-state index is -0.552. The number of hydrogen-bond donors (Lipinski definition) is 1. The molecule has 0 bridgehead atoms. The molecule has 1 saturated heterocycles. The van der Waals surface area contributed by atoms with E-state index in [0.717, 1.165) is 10.9 Å². The maximum absolute atomic E-state index is 13.0. The Hall–Kier alpha value is -3.91. The molecule has 1 aromatic heterocycles.